The number of aliphatic hydroxyl groups is 2. The van der Waals surface area contributed by atoms with Crippen molar-refractivity contribution in [1.29, 1.82) is 0 Å². The molecule has 0 bridgehead atoms. The van der Waals surface area contributed by atoms with Crippen LogP contribution >= 0.6 is 0 Å². The Labute approximate surface area is 545 Å². The molecule has 0 spiro atoms. The van der Waals surface area contributed by atoms with Crippen LogP contribution in [-0.4, -0.2) is 73.6 Å². The van der Waals surface area contributed by atoms with E-state index < -0.39 is 44.4 Å². The van der Waals surface area contributed by atoms with Crippen LogP contribution in [0.4, 0.5) is 0 Å². The van der Waals surface area contributed by atoms with Gasteiger partial charge in [-0.15, -0.1) is 71.8 Å². The number of hydrogen-bond acceptors (Lipinski definition) is 13. The predicted molar refractivity (Wildman–Crippen MR) is 326 cm³/mol. The fraction of sp³-hybridized carbons (Fsp3) is 0.182. The van der Waals surface area contributed by atoms with Crippen LogP contribution in [0.5, 0.6) is 0 Å². The minimum Gasteiger partial charge on any atom is -0.748 e. The maximum absolute atomic E-state index is 9.08. The van der Waals surface area contributed by atoms with Gasteiger partial charge in [-0.25, -0.2) is 18.4 Å². The topological polar surface area (TPSA) is 201 Å². The van der Waals surface area contributed by atoms with E-state index in [2.05, 4.69) is 48.1 Å². The maximum Gasteiger partial charge on any atom is 0.216 e. The Morgan fingerprint density at radius 3 is 1.48 bits per heavy atom. The van der Waals surface area contributed by atoms with E-state index in [0.29, 0.717) is 56.8 Å². The fourth-order valence-electron chi connectivity index (χ4n) is 7.02. The first kappa shape index (κ1) is 39.9. The van der Waals surface area contributed by atoms with Gasteiger partial charge in [0.05, 0.1) is 37.9 Å². The van der Waals surface area contributed by atoms with Crippen LogP contribution in [0.1, 0.15) is 88.1 Å². The molecule has 13 nitrogen and oxygen atoms in total. The third-order valence-electron chi connectivity index (χ3n) is 10.6. The van der Waals surface area contributed by atoms with E-state index in [4.69, 9.17) is 66.5 Å². The molecule has 4 aromatic carbocycles. The molecule has 434 valence electrons. The van der Waals surface area contributed by atoms with Gasteiger partial charge in [-0.3, -0.25) is 4.98 Å². The molecule has 0 aliphatic rings. The van der Waals surface area contributed by atoms with Crippen molar-refractivity contribution < 1.29 is 108 Å². The molecule has 0 amide bonds. The normalized spacial score (nSPS) is 15.1. The van der Waals surface area contributed by atoms with E-state index in [9.17, 15) is 0 Å². The van der Waals surface area contributed by atoms with Gasteiger partial charge in [0.25, 0.3) is 0 Å². The number of rotatable bonds is 4. The summed E-state index contributed by atoms with van der Waals surface area (Å²) in [6.45, 7) is -6.32. The monoisotopic (exact) mass is 1500 g/mol. The minimum absolute atomic E-state index is 0. The Bertz CT molecular complexity index is 4940. The molecule has 8 heterocycles. The Morgan fingerprint density at radius 1 is 0.561 bits per heavy atom. The summed E-state index contributed by atoms with van der Waals surface area (Å²) < 4.78 is 223. The molecular weight excluding hydrogens is 1410 g/mol. The number of aryl methyl sites for hydroxylation is 8. The van der Waals surface area contributed by atoms with Gasteiger partial charge in [0, 0.05) is 138 Å². The van der Waals surface area contributed by atoms with Gasteiger partial charge in [-0.05, 0) is 124 Å². The molecule has 0 atom stereocenters. The smallest absolute Gasteiger partial charge is 0.216 e. The Hall–Kier alpha value is -7.49. The number of hydrogen-bond donors (Lipinski definition) is 2. The van der Waals surface area contributed by atoms with Crippen LogP contribution in [0.25, 0.3) is 89.2 Å². The van der Waals surface area contributed by atoms with Crippen molar-refractivity contribution in [2.45, 2.75) is 62.5 Å². The van der Waals surface area contributed by atoms with Crippen molar-refractivity contribution >= 4 is 54.3 Å². The number of nitrogens with zero attached hydrogens (tertiary/aromatic N) is 6. The van der Waals surface area contributed by atoms with Gasteiger partial charge in [0.2, 0.25) is 11.4 Å². The zero-order valence-electron chi connectivity index (χ0n) is 68.7. The largest absolute Gasteiger partial charge is 0.748 e. The molecule has 12 aromatic rings. The summed E-state index contributed by atoms with van der Waals surface area (Å²) in [6.07, 6.45) is 2.29. The molecule has 8 aromatic heterocycles. The van der Waals surface area contributed by atoms with Crippen molar-refractivity contribution in [3.05, 3.63) is 227 Å². The first-order chi connectivity index (χ1) is 48.3. The Morgan fingerprint density at radius 2 is 1.02 bits per heavy atom. The van der Waals surface area contributed by atoms with Crippen LogP contribution in [0.3, 0.4) is 0 Å². The number of aliphatic hydroxyl groups excluding tert-OH is 2. The second-order valence-electron chi connectivity index (χ2n) is 16.2. The number of pyridine rings is 6. The SMILES string of the molecule is C.CO.CO.CS(=O)(=O)[O-].[2HH].[2H]C([2H])([2H])c1c[c-]c(-c2cc(C([2H])([2H])[2H])c(C([2H])([2H])[2H])cn2)cc1.[2H]C([2H])([2H])c1ccc(-c2cc(C)c(C([2H])([2H])[2H])cn2)cc1.[2H][2H].[2H]c1nc(-c2[c-]ccc3c2oc2nc(C)ccc23)c([2H])c([2H])c1[2H].[2H]c1nc(-c2[c-]ccc3c2oc2nc(C)ccc23)c([2H])c([2H])c1[2H].[Ir].[Ir]. The molecule has 0 aliphatic carbocycles. The van der Waals surface area contributed by atoms with Crippen LogP contribution in [-0.2, 0) is 50.3 Å². The van der Waals surface area contributed by atoms with E-state index in [1.807, 2.05) is 50.2 Å². The quantitative estimate of drug-likeness (QED) is 0.125. The summed E-state index contributed by atoms with van der Waals surface area (Å²) in [5.74, 6) is 0. The first-order valence-electron chi connectivity index (χ1n) is 35.6. The van der Waals surface area contributed by atoms with Crippen molar-refractivity contribution in [1.82, 2.24) is 29.9 Å². The van der Waals surface area contributed by atoms with Crippen LogP contribution in [0.2, 0.25) is 0 Å². The molecule has 16 heteroatoms. The standard InChI is InChI=1S/2C17H11N2O.C14H15N.C14H14N.CH4O3S.2CH4O.CH4.2Ir.2H2/c2*1-11-8-9-13-12-5-4-6-14(15-7-2-3-10-18-15)16(12)20-17(13)19-11;2*1-10-4-6-13(7-5-10)14-8-11(2)12(3)9-15-14;1-5(2,3)4;2*1-2;;;;;/h2*2-5,7-10H,1H3;4-9H,1-3H3;4-6,8-9H,1-3H3;1H3,(H,2,3,4);2*2H,1H3;1H4;;;2*1H/q2*-1;;-1;;;;;;;;/p-1/i2*2D,3D,7D,10D;1D3,3D3;1D3,2D3,3D3;;;;;;;1+1D;1+1. The first-order valence-corrected chi connectivity index (χ1v) is 24.9. The molecule has 0 fully saturated rings. The molecule has 12 rings (SSSR count). The van der Waals surface area contributed by atoms with E-state index in [-0.39, 0.29) is 143 Å². The van der Waals surface area contributed by atoms with Crippen LogP contribution in [0.15, 0.2) is 173 Å². The van der Waals surface area contributed by atoms with Gasteiger partial charge in [0.15, 0.2) is 0 Å². The summed E-state index contributed by atoms with van der Waals surface area (Å²) in [6, 6.07) is 35.0. The molecule has 2 radical (unpaired) electrons. The second kappa shape index (κ2) is 32.8. The van der Waals surface area contributed by atoms with E-state index in [1.54, 1.807) is 37.3 Å². The summed E-state index contributed by atoms with van der Waals surface area (Å²) in [7, 11) is -1.92. The van der Waals surface area contributed by atoms with Gasteiger partial charge >= 0.3 is 0 Å². The van der Waals surface area contributed by atoms with E-state index >= 15 is 0 Å². The summed E-state index contributed by atoms with van der Waals surface area (Å²) >= 11 is 0. The Kier molecular flexibility index (Phi) is 16.0. The zero-order valence-corrected chi connectivity index (χ0v) is 49.3. The molecule has 82 heavy (non-hydrogen) atoms. The minimum atomic E-state index is -3.92. The molecular formula is C66H70Ir2N6O7S-4. The van der Waals surface area contributed by atoms with E-state index in [0.717, 1.165) is 58.9 Å². The second-order valence-corrected chi connectivity index (χ2v) is 17.6. The molecule has 0 saturated heterocycles. The van der Waals surface area contributed by atoms with Crippen molar-refractivity contribution in [2.75, 3.05) is 20.5 Å². The number of furan rings is 2. The predicted octanol–water partition coefficient (Wildman–Crippen LogP) is 15.0. The molecule has 2 N–H and O–H groups in total. The summed E-state index contributed by atoms with van der Waals surface area (Å²) in [5, 5.41) is 17.3. The van der Waals surface area contributed by atoms with Gasteiger partial charge in [0.1, 0.15) is 0 Å². The van der Waals surface area contributed by atoms with Crippen LogP contribution in [0, 0.1) is 73.2 Å². The summed E-state index contributed by atoms with van der Waals surface area (Å²) in [4.78, 5) is 24.9. The third-order valence-corrected chi connectivity index (χ3v) is 10.6. The van der Waals surface area contributed by atoms with Gasteiger partial charge < -0.3 is 38.6 Å². The summed E-state index contributed by atoms with van der Waals surface area (Å²) in [5.41, 5.74) is 7.12. The Balaban J connectivity index is 0.000000681. The average molecular weight is 1500 g/mol. The van der Waals surface area contributed by atoms with Crippen molar-refractivity contribution in [2.24, 2.45) is 0 Å². The molecule has 0 saturated carbocycles. The van der Waals surface area contributed by atoms with Gasteiger partial charge in [-0.2, -0.15) is 0 Å². The van der Waals surface area contributed by atoms with Gasteiger partial charge in [-0.1, -0.05) is 102 Å². The molecule has 0 aliphatic heterocycles. The number of aromatic nitrogens is 6. The zero-order chi connectivity index (χ0) is 78.7. The number of benzene rings is 4. The molecule has 0 unspecified atom stereocenters. The number of fused-ring (bicyclic) bond motifs is 6. The van der Waals surface area contributed by atoms with E-state index in [1.165, 1.54) is 42.6 Å². The van der Waals surface area contributed by atoms with Crippen molar-refractivity contribution in [3.8, 4) is 45.0 Å². The third kappa shape index (κ3) is 18.8. The van der Waals surface area contributed by atoms with Crippen molar-refractivity contribution in [3.63, 3.8) is 0 Å². The fourth-order valence-corrected chi connectivity index (χ4v) is 7.02. The average Bonchev–Trinajstić information content (AvgIpc) is 1.56. The maximum atomic E-state index is 9.08. The van der Waals surface area contributed by atoms with Crippen LogP contribution < -0.4 is 0 Å².